The van der Waals surface area contributed by atoms with Crippen LogP contribution in [0.4, 0.5) is 4.79 Å². The van der Waals surface area contributed by atoms with Crippen LogP contribution in [0.1, 0.15) is 13.3 Å². The van der Waals surface area contributed by atoms with Gasteiger partial charge in [-0.1, -0.05) is 6.92 Å². The van der Waals surface area contributed by atoms with E-state index in [0.717, 1.165) is 6.42 Å². The summed E-state index contributed by atoms with van der Waals surface area (Å²) in [6.07, 6.45) is 0.116. The van der Waals surface area contributed by atoms with E-state index in [2.05, 4.69) is 5.32 Å². The van der Waals surface area contributed by atoms with E-state index in [1.54, 1.807) is 0 Å². The molecule has 2 atom stereocenters. The van der Waals surface area contributed by atoms with Gasteiger partial charge in [-0.3, -0.25) is 0 Å². The number of rotatable bonds is 3. The van der Waals surface area contributed by atoms with Crippen molar-refractivity contribution in [2.45, 2.75) is 24.8 Å². The Balaban J connectivity index is 2.43. The van der Waals surface area contributed by atoms with Gasteiger partial charge < -0.3 is 10.1 Å². The molecule has 0 aromatic heterocycles. The van der Waals surface area contributed by atoms with Crippen LogP contribution in [-0.4, -0.2) is 44.0 Å². The van der Waals surface area contributed by atoms with Crippen LogP contribution in [-0.2, 0) is 14.6 Å². The minimum atomic E-state index is -3.11. The Hall–Kier alpha value is -0.490. The molecule has 88 valence electrons. The Morgan fingerprint density at radius 3 is 2.67 bits per heavy atom. The van der Waals surface area contributed by atoms with Crippen molar-refractivity contribution in [1.82, 2.24) is 5.32 Å². The molecule has 0 aliphatic carbocycles. The SMILES string of the molecule is CCCOC(=O)NC1CS(=O)(=O)CC1Cl. The molecule has 7 heteroatoms. The topological polar surface area (TPSA) is 72.5 Å². The normalized spacial score (nSPS) is 28.7. The molecule has 0 aromatic carbocycles. The van der Waals surface area contributed by atoms with Gasteiger partial charge in [0.2, 0.25) is 0 Å². The predicted octanol–water partition coefficient (Wildman–Crippen LogP) is 0.527. The fraction of sp³-hybridized carbons (Fsp3) is 0.875. The second-order valence-corrected chi connectivity index (χ2v) is 6.19. The second-order valence-electron chi connectivity index (χ2n) is 3.48. The van der Waals surface area contributed by atoms with Gasteiger partial charge in [0.25, 0.3) is 0 Å². The van der Waals surface area contributed by atoms with Gasteiger partial charge >= 0.3 is 6.09 Å². The van der Waals surface area contributed by atoms with E-state index in [4.69, 9.17) is 16.3 Å². The molecule has 1 aliphatic heterocycles. The third-order valence-electron chi connectivity index (χ3n) is 2.02. The van der Waals surface area contributed by atoms with Crippen molar-refractivity contribution in [2.75, 3.05) is 18.1 Å². The number of nitrogens with one attached hydrogen (secondary N) is 1. The van der Waals surface area contributed by atoms with Gasteiger partial charge in [0, 0.05) is 0 Å². The van der Waals surface area contributed by atoms with Crippen LogP contribution in [0, 0.1) is 0 Å². The maximum absolute atomic E-state index is 11.2. The number of hydrogen-bond acceptors (Lipinski definition) is 4. The van der Waals surface area contributed by atoms with Crippen molar-refractivity contribution >= 4 is 27.5 Å². The Morgan fingerprint density at radius 1 is 1.53 bits per heavy atom. The number of alkyl halides is 1. The van der Waals surface area contributed by atoms with Gasteiger partial charge in [-0.2, -0.15) is 0 Å². The molecule has 1 heterocycles. The van der Waals surface area contributed by atoms with Crippen molar-refractivity contribution in [3.05, 3.63) is 0 Å². The molecule has 15 heavy (non-hydrogen) atoms. The monoisotopic (exact) mass is 255 g/mol. The first-order chi connectivity index (χ1) is 6.94. The van der Waals surface area contributed by atoms with E-state index in [1.807, 2.05) is 6.92 Å². The van der Waals surface area contributed by atoms with Crippen LogP contribution in [0.5, 0.6) is 0 Å². The molecule has 1 rings (SSSR count). The maximum Gasteiger partial charge on any atom is 0.407 e. The maximum atomic E-state index is 11.2. The molecule has 0 spiro atoms. The lowest BCUT2D eigenvalue weighted by molar-refractivity contribution is 0.143. The molecular weight excluding hydrogens is 242 g/mol. The number of amides is 1. The molecular formula is C8H14ClNO4S. The number of ether oxygens (including phenoxy) is 1. The highest BCUT2D eigenvalue weighted by atomic mass is 35.5. The summed E-state index contributed by atoms with van der Waals surface area (Å²) in [5, 5.41) is 1.88. The molecule has 0 radical (unpaired) electrons. The van der Waals surface area contributed by atoms with Crippen LogP contribution in [0.2, 0.25) is 0 Å². The fourth-order valence-corrected chi connectivity index (χ4v) is 3.87. The predicted molar refractivity (Wildman–Crippen MR) is 56.9 cm³/mol. The first-order valence-corrected chi connectivity index (χ1v) is 6.98. The van der Waals surface area contributed by atoms with Crippen LogP contribution < -0.4 is 5.32 Å². The van der Waals surface area contributed by atoms with Gasteiger partial charge in [0.05, 0.1) is 29.5 Å². The Labute approximate surface area is 94.0 Å². The van der Waals surface area contributed by atoms with Gasteiger partial charge in [-0.25, -0.2) is 13.2 Å². The molecule has 1 amide bonds. The van der Waals surface area contributed by atoms with E-state index in [0.29, 0.717) is 6.61 Å². The van der Waals surface area contributed by atoms with Crippen LogP contribution in [0.15, 0.2) is 0 Å². The lowest BCUT2D eigenvalue weighted by Gasteiger charge is -2.13. The minimum Gasteiger partial charge on any atom is -0.450 e. The average molecular weight is 256 g/mol. The molecule has 2 unspecified atom stereocenters. The van der Waals surface area contributed by atoms with Crippen LogP contribution >= 0.6 is 11.6 Å². The molecule has 5 nitrogen and oxygen atoms in total. The largest absolute Gasteiger partial charge is 0.450 e. The number of alkyl carbamates (subject to hydrolysis) is 1. The van der Waals surface area contributed by atoms with Crippen molar-refractivity contribution in [3.8, 4) is 0 Å². The zero-order chi connectivity index (χ0) is 11.5. The second kappa shape index (κ2) is 5.03. The summed E-state index contributed by atoms with van der Waals surface area (Å²) in [5.74, 6) is -0.199. The molecule has 1 N–H and O–H groups in total. The van der Waals surface area contributed by atoms with E-state index in [-0.39, 0.29) is 11.5 Å². The summed E-state index contributed by atoms with van der Waals surface area (Å²) in [6.45, 7) is 2.19. The fourth-order valence-electron chi connectivity index (χ4n) is 1.32. The minimum absolute atomic E-state index is 0.0900. The van der Waals surface area contributed by atoms with Crippen molar-refractivity contribution < 1.29 is 17.9 Å². The van der Waals surface area contributed by atoms with Gasteiger partial charge in [0.1, 0.15) is 0 Å². The Kier molecular flexibility index (Phi) is 4.21. The highest BCUT2D eigenvalue weighted by Crippen LogP contribution is 2.17. The summed E-state index contributed by atoms with van der Waals surface area (Å²) in [5.41, 5.74) is 0. The van der Waals surface area contributed by atoms with E-state index in [1.165, 1.54) is 0 Å². The first-order valence-electron chi connectivity index (χ1n) is 4.72. The summed E-state index contributed by atoms with van der Waals surface area (Å²) in [6, 6.07) is -0.541. The summed E-state index contributed by atoms with van der Waals surface area (Å²) in [7, 11) is -3.11. The van der Waals surface area contributed by atoms with Gasteiger partial charge in [-0.15, -0.1) is 11.6 Å². The van der Waals surface area contributed by atoms with E-state index in [9.17, 15) is 13.2 Å². The number of sulfone groups is 1. The van der Waals surface area contributed by atoms with Gasteiger partial charge in [0.15, 0.2) is 9.84 Å². The molecule has 0 bridgehead atoms. The summed E-state index contributed by atoms with van der Waals surface area (Å²) in [4.78, 5) is 11.1. The molecule has 1 aliphatic rings. The molecule has 1 saturated heterocycles. The van der Waals surface area contributed by atoms with Crippen molar-refractivity contribution in [2.24, 2.45) is 0 Å². The third-order valence-corrected chi connectivity index (χ3v) is 4.40. The lowest BCUT2D eigenvalue weighted by Crippen LogP contribution is -2.41. The van der Waals surface area contributed by atoms with E-state index < -0.39 is 27.3 Å². The zero-order valence-electron chi connectivity index (χ0n) is 8.40. The number of halogens is 1. The van der Waals surface area contributed by atoms with Crippen molar-refractivity contribution in [3.63, 3.8) is 0 Å². The highest BCUT2D eigenvalue weighted by Gasteiger charge is 2.37. The standard InChI is InChI=1S/C8H14ClNO4S/c1-2-3-14-8(11)10-7-5-15(12,13)4-6(7)9/h6-7H,2-5H2,1H3,(H,10,11). The first kappa shape index (κ1) is 12.6. The summed E-state index contributed by atoms with van der Waals surface area (Å²) < 4.78 is 27.1. The average Bonchev–Trinajstić information content (AvgIpc) is 2.36. The lowest BCUT2D eigenvalue weighted by atomic mass is 10.3. The number of hydrogen-bond donors (Lipinski definition) is 1. The highest BCUT2D eigenvalue weighted by molar-refractivity contribution is 7.91. The quantitative estimate of drug-likeness (QED) is 0.747. The smallest absolute Gasteiger partial charge is 0.407 e. The summed E-state index contributed by atoms with van der Waals surface area (Å²) >= 11 is 5.79. The van der Waals surface area contributed by atoms with Crippen LogP contribution in [0.3, 0.4) is 0 Å². The number of carbonyl (C=O) groups is 1. The van der Waals surface area contributed by atoms with E-state index >= 15 is 0 Å². The zero-order valence-corrected chi connectivity index (χ0v) is 9.97. The van der Waals surface area contributed by atoms with Crippen molar-refractivity contribution in [1.29, 1.82) is 0 Å². The molecule has 1 fully saturated rings. The van der Waals surface area contributed by atoms with Crippen LogP contribution in [0.25, 0.3) is 0 Å². The number of carbonyl (C=O) groups excluding carboxylic acids is 1. The molecule has 0 saturated carbocycles. The third kappa shape index (κ3) is 3.87. The molecule has 0 aromatic rings. The van der Waals surface area contributed by atoms with Gasteiger partial charge in [-0.05, 0) is 6.42 Å². The Bertz CT molecular complexity index is 330. The Morgan fingerprint density at radius 2 is 2.20 bits per heavy atom.